The van der Waals surface area contributed by atoms with Gasteiger partial charge in [-0.2, -0.15) is 0 Å². The highest BCUT2D eigenvalue weighted by Crippen LogP contribution is 2.53. The predicted octanol–water partition coefficient (Wildman–Crippen LogP) is 6.51. The minimum atomic E-state index is 0.0846. The summed E-state index contributed by atoms with van der Waals surface area (Å²) in [4.78, 5) is 0. The monoisotopic (exact) mass is 280 g/mol. The molecule has 0 saturated carbocycles. The van der Waals surface area contributed by atoms with E-state index in [0.717, 1.165) is 12.0 Å². The van der Waals surface area contributed by atoms with Gasteiger partial charge in [0.25, 0.3) is 0 Å². The number of rotatable bonds is 2. The minimum Gasteiger partial charge on any atom is -0.0955 e. The van der Waals surface area contributed by atoms with Crippen LogP contribution in [0.25, 0.3) is 11.1 Å². The zero-order valence-corrected chi connectivity index (χ0v) is 14.4. The van der Waals surface area contributed by atoms with Crippen LogP contribution in [0.4, 0.5) is 0 Å². The van der Waals surface area contributed by atoms with Crippen LogP contribution in [0.15, 0.2) is 48.6 Å². The molecule has 0 bridgehead atoms. The summed E-state index contributed by atoms with van der Waals surface area (Å²) in [5.41, 5.74) is 6.99. The van der Waals surface area contributed by atoms with Gasteiger partial charge in [0.05, 0.1) is 0 Å². The molecule has 2 rings (SSSR count). The third-order valence-electron chi connectivity index (χ3n) is 4.87. The van der Waals surface area contributed by atoms with Crippen molar-refractivity contribution in [3.05, 3.63) is 59.7 Å². The van der Waals surface area contributed by atoms with E-state index in [2.05, 4.69) is 84.5 Å². The van der Waals surface area contributed by atoms with Crippen molar-refractivity contribution in [1.82, 2.24) is 0 Å². The molecule has 0 radical (unpaired) electrons. The van der Waals surface area contributed by atoms with Crippen molar-refractivity contribution in [2.45, 2.75) is 48.0 Å². The first kappa shape index (κ1) is 15.8. The van der Waals surface area contributed by atoms with E-state index in [4.69, 9.17) is 0 Å². The summed E-state index contributed by atoms with van der Waals surface area (Å²) in [5, 5.41) is 0. The summed E-state index contributed by atoms with van der Waals surface area (Å²) in [6.45, 7) is 17.6. The van der Waals surface area contributed by atoms with Gasteiger partial charge in [-0.1, -0.05) is 81.8 Å². The maximum absolute atomic E-state index is 4.02. The molecule has 0 nitrogen and oxygen atoms in total. The van der Waals surface area contributed by atoms with Gasteiger partial charge in [-0.25, -0.2) is 0 Å². The maximum Gasteiger partial charge on any atom is 0.0113 e. The molecule has 0 unspecified atom stereocenters. The number of hydrogen-bond donors (Lipinski definition) is 0. The third kappa shape index (κ3) is 2.77. The van der Waals surface area contributed by atoms with Crippen LogP contribution in [0.2, 0.25) is 0 Å². The molecule has 0 heterocycles. The van der Waals surface area contributed by atoms with E-state index >= 15 is 0 Å². The summed E-state index contributed by atoms with van der Waals surface area (Å²) in [6, 6.07) is 8.85. The average Bonchev–Trinajstić information content (AvgIpc) is 2.38. The van der Waals surface area contributed by atoms with Crippen molar-refractivity contribution in [2.24, 2.45) is 10.8 Å². The number of allylic oxidation sites excluding steroid dienone is 5. The van der Waals surface area contributed by atoms with E-state index in [1.54, 1.807) is 0 Å². The Morgan fingerprint density at radius 1 is 1.10 bits per heavy atom. The maximum atomic E-state index is 4.02. The third-order valence-corrected chi connectivity index (χ3v) is 4.87. The molecule has 0 saturated heterocycles. The lowest BCUT2D eigenvalue weighted by Gasteiger charge is -2.44. The summed E-state index contributed by atoms with van der Waals surface area (Å²) < 4.78 is 0. The highest BCUT2D eigenvalue weighted by molar-refractivity contribution is 5.76. The van der Waals surface area contributed by atoms with Gasteiger partial charge in [0.2, 0.25) is 0 Å². The molecule has 0 heteroatoms. The lowest BCUT2D eigenvalue weighted by atomic mass is 9.60. The molecule has 21 heavy (non-hydrogen) atoms. The SMILES string of the molecule is C=C(C)c1ccc(C2=CCC(C)(C)/C(=C\C)C2(C)C)cc1. The van der Waals surface area contributed by atoms with Gasteiger partial charge in [-0.05, 0) is 42.4 Å². The van der Waals surface area contributed by atoms with Crippen LogP contribution >= 0.6 is 0 Å². The van der Waals surface area contributed by atoms with Crippen LogP contribution in [0.3, 0.4) is 0 Å². The molecule has 1 aromatic carbocycles. The fraction of sp³-hybridized carbons (Fsp3) is 0.429. The van der Waals surface area contributed by atoms with Crippen LogP contribution in [-0.2, 0) is 0 Å². The molecule has 1 aliphatic rings. The molecule has 1 aromatic rings. The lowest BCUT2D eigenvalue weighted by Crippen LogP contribution is -2.31. The second-order valence-corrected chi connectivity index (χ2v) is 7.39. The first-order valence-corrected chi connectivity index (χ1v) is 7.84. The van der Waals surface area contributed by atoms with Crippen molar-refractivity contribution in [3.63, 3.8) is 0 Å². The largest absolute Gasteiger partial charge is 0.0955 e. The van der Waals surface area contributed by atoms with Gasteiger partial charge < -0.3 is 0 Å². The zero-order chi connectivity index (χ0) is 15.8. The summed E-state index contributed by atoms with van der Waals surface area (Å²) in [6.07, 6.45) is 5.85. The topological polar surface area (TPSA) is 0 Å². The van der Waals surface area contributed by atoms with E-state index in [-0.39, 0.29) is 10.8 Å². The van der Waals surface area contributed by atoms with Gasteiger partial charge in [-0.3, -0.25) is 0 Å². The number of hydrogen-bond acceptors (Lipinski definition) is 0. The summed E-state index contributed by atoms with van der Waals surface area (Å²) in [5.74, 6) is 0. The molecule has 0 N–H and O–H groups in total. The molecule has 112 valence electrons. The quantitative estimate of drug-likeness (QED) is 0.542. The minimum absolute atomic E-state index is 0.0846. The summed E-state index contributed by atoms with van der Waals surface area (Å²) in [7, 11) is 0. The van der Waals surface area contributed by atoms with E-state index in [1.165, 1.54) is 22.3 Å². The molecule has 0 fully saturated rings. The van der Waals surface area contributed by atoms with E-state index in [9.17, 15) is 0 Å². The van der Waals surface area contributed by atoms with E-state index < -0.39 is 0 Å². The Bertz CT molecular complexity index is 604. The van der Waals surface area contributed by atoms with Crippen LogP contribution < -0.4 is 0 Å². The van der Waals surface area contributed by atoms with Crippen molar-refractivity contribution in [2.75, 3.05) is 0 Å². The second-order valence-electron chi connectivity index (χ2n) is 7.39. The highest BCUT2D eigenvalue weighted by Gasteiger charge is 2.40. The molecule has 0 amide bonds. The Balaban J connectivity index is 2.49. The Kier molecular flexibility index (Phi) is 4.02. The molecular weight excluding hydrogens is 252 g/mol. The van der Waals surface area contributed by atoms with Crippen LogP contribution in [0.5, 0.6) is 0 Å². The average molecular weight is 280 g/mol. The van der Waals surface area contributed by atoms with Crippen LogP contribution in [0, 0.1) is 10.8 Å². The lowest BCUT2D eigenvalue weighted by molar-refractivity contribution is 0.354. The van der Waals surface area contributed by atoms with Crippen molar-refractivity contribution in [1.29, 1.82) is 0 Å². The van der Waals surface area contributed by atoms with Crippen molar-refractivity contribution < 1.29 is 0 Å². The van der Waals surface area contributed by atoms with Crippen LogP contribution in [0.1, 0.15) is 59.1 Å². The Labute approximate surface area is 130 Å². The van der Waals surface area contributed by atoms with Gasteiger partial charge in [0.15, 0.2) is 0 Å². The second kappa shape index (κ2) is 5.33. The van der Waals surface area contributed by atoms with Crippen molar-refractivity contribution >= 4 is 11.1 Å². The standard InChI is InChI=1S/C21H28/c1-8-19-20(4,5)14-13-18(21(19,6)7)17-11-9-16(10-12-17)15(2)3/h8-13H,2,14H2,1,3-7H3/b19-8+. The Hall–Kier alpha value is -1.56. The first-order valence-electron chi connectivity index (χ1n) is 7.84. The smallest absolute Gasteiger partial charge is 0.0113 e. The predicted molar refractivity (Wildman–Crippen MR) is 95.1 cm³/mol. The van der Waals surface area contributed by atoms with E-state index in [0.29, 0.717) is 0 Å². The van der Waals surface area contributed by atoms with Crippen molar-refractivity contribution in [3.8, 4) is 0 Å². The van der Waals surface area contributed by atoms with E-state index in [1.807, 2.05) is 0 Å². The van der Waals surface area contributed by atoms with Gasteiger partial charge in [0.1, 0.15) is 0 Å². The molecule has 0 aliphatic heterocycles. The van der Waals surface area contributed by atoms with Crippen LogP contribution in [-0.4, -0.2) is 0 Å². The zero-order valence-electron chi connectivity index (χ0n) is 14.4. The van der Waals surface area contributed by atoms with Gasteiger partial charge in [0, 0.05) is 5.41 Å². The van der Waals surface area contributed by atoms with Gasteiger partial charge >= 0.3 is 0 Å². The fourth-order valence-electron chi connectivity index (χ4n) is 3.88. The molecular formula is C21H28. The van der Waals surface area contributed by atoms with Gasteiger partial charge in [-0.15, -0.1) is 0 Å². The fourth-order valence-corrected chi connectivity index (χ4v) is 3.88. The molecule has 0 spiro atoms. The normalized spacial score (nSPS) is 22.0. The molecule has 0 aromatic heterocycles. The molecule has 1 aliphatic carbocycles. The Morgan fingerprint density at radius 3 is 2.14 bits per heavy atom. The Morgan fingerprint density at radius 2 is 1.67 bits per heavy atom. The summed E-state index contributed by atoms with van der Waals surface area (Å²) >= 11 is 0. The first-order chi connectivity index (χ1) is 9.70. The molecule has 0 atom stereocenters. The number of benzene rings is 1. The highest BCUT2D eigenvalue weighted by atomic mass is 14.4.